The van der Waals surface area contributed by atoms with Gasteiger partial charge in [-0.05, 0) is 44.6 Å². The average molecular weight is 395 g/mol. The van der Waals surface area contributed by atoms with Crippen molar-refractivity contribution in [2.45, 2.75) is 18.9 Å². The first-order chi connectivity index (χ1) is 12.9. The Kier molecular flexibility index (Phi) is 9.43. The lowest BCUT2D eigenvalue weighted by Gasteiger charge is -2.19. The largest absolute Gasteiger partial charge is 0.484 e. The Morgan fingerprint density at radius 3 is 2.56 bits per heavy atom. The summed E-state index contributed by atoms with van der Waals surface area (Å²) in [7, 11) is 1.92. The van der Waals surface area contributed by atoms with Crippen LogP contribution in [0.25, 0.3) is 0 Å². The molecule has 3 N–H and O–H groups in total. The van der Waals surface area contributed by atoms with Crippen LogP contribution < -0.4 is 10.1 Å². The predicted molar refractivity (Wildman–Crippen MR) is 96.7 cm³/mol. The van der Waals surface area contributed by atoms with Crippen LogP contribution in [0.15, 0.2) is 41.2 Å². The van der Waals surface area contributed by atoms with Gasteiger partial charge in [-0.1, -0.05) is 11.6 Å². The van der Waals surface area contributed by atoms with Crippen molar-refractivity contribution in [3.63, 3.8) is 0 Å². The van der Waals surface area contributed by atoms with Crippen LogP contribution in [-0.2, 0) is 9.59 Å². The van der Waals surface area contributed by atoms with E-state index in [0.29, 0.717) is 16.3 Å². The molecule has 0 spiro atoms. The number of rotatable bonds is 7. The summed E-state index contributed by atoms with van der Waals surface area (Å²) in [5.41, 5.74) is 1.43. The lowest BCUT2D eigenvalue weighted by atomic mass is 10.1. The number of carbonyl (C=O) groups is 2. The Balaban J connectivity index is 0.000000527. The summed E-state index contributed by atoms with van der Waals surface area (Å²) in [4.78, 5) is 18.2. The maximum atomic E-state index is 9.17. The Labute approximate surface area is 160 Å². The molecule has 27 heavy (non-hydrogen) atoms. The first-order valence-electron chi connectivity index (χ1n) is 7.88. The van der Waals surface area contributed by atoms with E-state index < -0.39 is 11.9 Å². The van der Waals surface area contributed by atoms with Crippen molar-refractivity contribution in [1.82, 2.24) is 5.32 Å². The smallest absolute Gasteiger partial charge is 0.414 e. The molecule has 0 saturated heterocycles. The highest BCUT2D eigenvalue weighted by Crippen LogP contribution is 2.30. The van der Waals surface area contributed by atoms with Crippen molar-refractivity contribution in [2.75, 3.05) is 13.6 Å². The van der Waals surface area contributed by atoms with Gasteiger partial charge in [-0.2, -0.15) is 5.26 Å². The van der Waals surface area contributed by atoms with E-state index in [4.69, 9.17) is 45.8 Å². The van der Waals surface area contributed by atoms with Crippen LogP contribution in [0.4, 0.5) is 0 Å². The third-order valence-electron chi connectivity index (χ3n) is 3.32. The molecule has 1 aromatic heterocycles. The van der Waals surface area contributed by atoms with Gasteiger partial charge in [0.05, 0.1) is 18.1 Å². The van der Waals surface area contributed by atoms with Gasteiger partial charge in [0, 0.05) is 16.7 Å². The van der Waals surface area contributed by atoms with E-state index in [9.17, 15) is 0 Å². The molecule has 8 nitrogen and oxygen atoms in total. The molecule has 0 radical (unpaired) electrons. The third-order valence-corrected chi connectivity index (χ3v) is 3.56. The first kappa shape index (κ1) is 22.0. The molecule has 0 amide bonds. The second kappa shape index (κ2) is 11.6. The van der Waals surface area contributed by atoms with E-state index in [0.717, 1.165) is 24.9 Å². The van der Waals surface area contributed by atoms with E-state index >= 15 is 0 Å². The molecule has 9 heteroatoms. The molecule has 0 fully saturated rings. The molecule has 1 heterocycles. The number of halogens is 1. The van der Waals surface area contributed by atoms with Crippen LogP contribution in [0.1, 0.15) is 30.1 Å². The number of carboxylic acid groups (broad SMARTS) is 2. The number of nitrogens with zero attached hydrogens (tertiary/aromatic N) is 1. The van der Waals surface area contributed by atoms with Crippen molar-refractivity contribution in [2.24, 2.45) is 0 Å². The summed E-state index contributed by atoms with van der Waals surface area (Å²) in [6.07, 6.45) is 4.89. The monoisotopic (exact) mass is 394 g/mol. The van der Waals surface area contributed by atoms with E-state index in [1.54, 1.807) is 30.7 Å². The number of nitrogens with one attached hydrogen (secondary N) is 1. The molecule has 0 saturated carbocycles. The fourth-order valence-corrected chi connectivity index (χ4v) is 2.22. The molecular formula is C18H19ClN2O6. The Morgan fingerprint density at radius 1 is 1.33 bits per heavy atom. The minimum Gasteiger partial charge on any atom is -0.484 e. The van der Waals surface area contributed by atoms with Gasteiger partial charge in [-0.15, -0.1) is 0 Å². The Bertz CT molecular complexity index is 774. The van der Waals surface area contributed by atoms with Crippen LogP contribution >= 0.6 is 11.6 Å². The Morgan fingerprint density at radius 2 is 2.04 bits per heavy atom. The minimum atomic E-state index is -1.82. The molecule has 144 valence electrons. The minimum absolute atomic E-state index is 0.164. The van der Waals surface area contributed by atoms with Crippen LogP contribution in [0.2, 0.25) is 5.02 Å². The van der Waals surface area contributed by atoms with Crippen molar-refractivity contribution >= 4 is 23.5 Å². The van der Waals surface area contributed by atoms with E-state index in [1.807, 2.05) is 13.1 Å². The van der Waals surface area contributed by atoms with Crippen LogP contribution in [0, 0.1) is 11.3 Å². The molecule has 1 aromatic carbocycles. The second-order valence-corrected chi connectivity index (χ2v) is 5.71. The fourth-order valence-electron chi connectivity index (χ4n) is 2.06. The number of nitriles is 1. The summed E-state index contributed by atoms with van der Waals surface area (Å²) in [6.45, 7) is 0.901. The number of ether oxygens (including phenoxy) is 1. The highest BCUT2D eigenvalue weighted by molar-refractivity contribution is 6.30. The second-order valence-electron chi connectivity index (χ2n) is 5.27. The maximum absolute atomic E-state index is 9.17. The van der Waals surface area contributed by atoms with Gasteiger partial charge in [-0.3, -0.25) is 0 Å². The highest BCUT2D eigenvalue weighted by Gasteiger charge is 2.17. The molecule has 0 bridgehead atoms. The van der Waals surface area contributed by atoms with Crippen molar-refractivity contribution in [3.8, 4) is 11.8 Å². The molecular weight excluding hydrogens is 376 g/mol. The Hall–Kier alpha value is -3.02. The zero-order valence-electron chi connectivity index (χ0n) is 14.5. The number of aliphatic carboxylic acids is 2. The van der Waals surface area contributed by atoms with Crippen molar-refractivity contribution in [1.29, 1.82) is 5.26 Å². The van der Waals surface area contributed by atoms with Crippen LogP contribution in [-0.4, -0.2) is 35.7 Å². The maximum Gasteiger partial charge on any atom is 0.414 e. The van der Waals surface area contributed by atoms with Gasteiger partial charge >= 0.3 is 11.9 Å². The number of hydrogen-bond acceptors (Lipinski definition) is 6. The van der Waals surface area contributed by atoms with Gasteiger partial charge in [0.2, 0.25) is 0 Å². The summed E-state index contributed by atoms with van der Waals surface area (Å²) >= 11 is 5.99. The van der Waals surface area contributed by atoms with Gasteiger partial charge in [0.15, 0.2) is 0 Å². The number of carboxylic acids is 2. The topological polar surface area (TPSA) is 133 Å². The van der Waals surface area contributed by atoms with Gasteiger partial charge in [-0.25, -0.2) is 9.59 Å². The fraction of sp³-hybridized carbons (Fsp3) is 0.278. The molecule has 1 unspecified atom stereocenters. The number of benzene rings is 1. The summed E-state index contributed by atoms with van der Waals surface area (Å²) in [6, 6.07) is 9.01. The quantitative estimate of drug-likeness (QED) is 0.482. The lowest BCUT2D eigenvalue weighted by molar-refractivity contribution is -0.159. The van der Waals surface area contributed by atoms with Crippen LogP contribution in [0.3, 0.4) is 0 Å². The van der Waals surface area contributed by atoms with Crippen molar-refractivity contribution < 1.29 is 29.0 Å². The molecule has 0 aliphatic heterocycles. The van der Waals surface area contributed by atoms with E-state index in [1.165, 1.54) is 0 Å². The number of furan rings is 1. The zero-order chi connectivity index (χ0) is 20.2. The average Bonchev–Trinajstić information content (AvgIpc) is 3.16. The molecule has 2 rings (SSSR count). The van der Waals surface area contributed by atoms with Crippen LogP contribution in [0.5, 0.6) is 5.75 Å². The first-order valence-corrected chi connectivity index (χ1v) is 8.26. The van der Waals surface area contributed by atoms with Crippen molar-refractivity contribution in [3.05, 3.63) is 52.9 Å². The summed E-state index contributed by atoms with van der Waals surface area (Å²) < 4.78 is 11.1. The standard InChI is InChI=1S/C16H17ClN2O2.C2H2O4/c1-19-7-2-3-15(13-6-8-20-11-13)21-16-9-14(17)5-4-12(16)10-18;3-1(4)2(5)6/h4-6,8-9,11,15,19H,2-3,7H2,1H3;(H,3,4)(H,5,6). The SMILES string of the molecule is CNCCCC(Oc1cc(Cl)ccc1C#N)c1ccoc1.O=C(O)C(=O)O. The predicted octanol–water partition coefficient (Wildman–Crippen LogP) is 3.08. The summed E-state index contributed by atoms with van der Waals surface area (Å²) in [5, 5.41) is 27.6. The lowest BCUT2D eigenvalue weighted by Crippen LogP contribution is -2.13. The van der Waals surface area contributed by atoms with Gasteiger partial charge < -0.3 is 24.7 Å². The van der Waals surface area contributed by atoms with E-state index in [-0.39, 0.29) is 6.10 Å². The molecule has 2 aromatic rings. The zero-order valence-corrected chi connectivity index (χ0v) is 15.3. The molecule has 0 aliphatic carbocycles. The molecule has 0 aliphatic rings. The molecule has 1 atom stereocenters. The summed E-state index contributed by atoms with van der Waals surface area (Å²) in [5.74, 6) is -3.15. The number of hydrogen-bond donors (Lipinski definition) is 3. The van der Waals surface area contributed by atoms with Gasteiger partial charge in [0.1, 0.15) is 17.9 Å². The third kappa shape index (κ3) is 7.81. The highest BCUT2D eigenvalue weighted by atomic mass is 35.5. The van der Waals surface area contributed by atoms with Gasteiger partial charge in [0.25, 0.3) is 0 Å². The normalized spacial score (nSPS) is 10.9. The van der Waals surface area contributed by atoms with E-state index in [2.05, 4.69) is 11.4 Å².